The van der Waals surface area contributed by atoms with Crippen LogP contribution in [0.4, 0.5) is 0 Å². The predicted octanol–water partition coefficient (Wildman–Crippen LogP) is 8.33. The molecule has 0 aromatic rings. The summed E-state index contributed by atoms with van der Waals surface area (Å²) in [5.74, 6) is -0.236. The van der Waals surface area contributed by atoms with Gasteiger partial charge in [-0.1, -0.05) is 219 Å². The molecule has 0 bridgehead atoms. The molecule has 14 nitrogen and oxygen atoms in total. The molecule has 2 rings (SSSR count). The molecular weight excluding hydrogens is 871 g/mol. The van der Waals surface area contributed by atoms with Crippen LogP contribution in [0, 0.1) is 0 Å². The van der Waals surface area contributed by atoms with Crippen molar-refractivity contribution in [1.82, 2.24) is 5.32 Å². The summed E-state index contributed by atoms with van der Waals surface area (Å²) in [5, 5.41) is 86.9. The van der Waals surface area contributed by atoms with Crippen LogP contribution >= 0.6 is 0 Å². The lowest BCUT2D eigenvalue weighted by Crippen LogP contribution is -2.65. The maximum Gasteiger partial charge on any atom is 0.220 e. The highest BCUT2D eigenvalue weighted by Gasteiger charge is 2.51. The highest BCUT2D eigenvalue weighted by Crippen LogP contribution is 2.30. The molecule has 2 saturated heterocycles. The van der Waals surface area contributed by atoms with Crippen molar-refractivity contribution in [2.75, 3.05) is 19.8 Å². The summed E-state index contributed by atoms with van der Waals surface area (Å²) < 4.78 is 22.7. The van der Waals surface area contributed by atoms with Crippen LogP contribution < -0.4 is 5.32 Å². The van der Waals surface area contributed by atoms with E-state index in [1.165, 1.54) is 167 Å². The second-order valence-electron chi connectivity index (χ2n) is 20.1. The van der Waals surface area contributed by atoms with E-state index in [0.29, 0.717) is 6.42 Å². The summed E-state index contributed by atoms with van der Waals surface area (Å²) in [6.07, 6.45) is 28.2. The first-order chi connectivity index (χ1) is 33.1. The van der Waals surface area contributed by atoms with E-state index in [0.717, 1.165) is 38.5 Å². The third-order valence-corrected chi connectivity index (χ3v) is 14.0. The van der Waals surface area contributed by atoms with Crippen LogP contribution in [-0.2, 0) is 23.7 Å². The molecule has 2 fully saturated rings. The molecule has 12 atom stereocenters. The molecule has 2 aliphatic rings. The van der Waals surface area contributed by atoms with Gasteiger partial charge in [-0.3, -0.25) is 4.79 Å². The highest BCUT2D eigenvalue weighted by atomic mass is 16.7. The van der Waals surface area contributed by atoms with Crippen LogP contribution in [0.25, 0.3) is 0 Å². The Morgan fingerprint density at radius 1 is 0.515 bits per heavy atom. The smallest absolute Gasteiger partial charge is 0.220 e. The van der Waals surface area contributed by atoms with Gasteiger partial charge in [-0.25, -0.2) is 0 Å². The Morgan fingerprint density at radius 2 is 0.912 bits per heavy atom. The average Bonchev–Trinajstić information content (AvgIpc) is 3.34. The molecule has 14 heteroatoms. The number of hydrogen-bond acceptors (Lipinski definition) is 13. The van der Waals surface area contributed by atoms with Crippen LogP contribution in [0.2, 0.25) is 0 Å². The number of aliphatic hydroxyl groups is 8. The molecule has 1 amide bonds. The maximum absolute atomic E-state index is 13.2. The molecule has 2 heterocycles. The largest absolute Gasteiger partial charge is 0.394 e. The third kappa shape index (κ3) is 27.5. The minimum atomic E-state index is -1.78. The number of rotatable bonds is 44. The molecular formula is C54H103NO13. The van der Waals surface area contributed by atoms with Gasteiger partial charge in [0.2, 0.25) is 5.91 Å². The maximum atomic E-state index is 13.2. The van der Waals surface area contributed by atoms with E-state index in [2.05, 4.69) is 19.2 Å². The standard InChI is InChI=1S/C54H103NO13/c1-3-5-7-9-11-13-15-17-18-19-20-21-22-23-24-26-28-30-32-34-36-38-46(59)55-42(43(58)37-35-33-31-29-27-25-16-14-12-10-8-6-4-2)41-65-53-51(64)49(62)52(45(40-57)67-53)68-54-50(63)48(61)47(60)44(39-56)66-54/h35,37,42-45,47-54,56-58,60-64H,3-34,36,38-41H2,1-2H3,(H,55,59)/b37-35+/t42-,43+,44-,45-,47+,48+,49-,50-,51-,52-,53-,54+/m1/s1. The molecule has 0 aliphatic carbocycles. The van der Waals surface area contributed by atoms with Crippen molar-refractivity contribution in [1.29, 1.82) is 0 Å². The minimum Gasteiger partial charge on any atom is -0.394 e. The summed E-state index contributed by atoms with van der Waals surface area (Å²) in [6, 6.07) is -0.908. The molecule has 0 spiro atoms. The summed E-state index contributed by atoms with van der Waals surface area (Å²) in [7, 11) is 0. The molecule has 0 saturated carbocycles. The average molecular weight is 974 g/mol. The first kappa shape index (κ1) is 62.8. The van der Waals surface area contributed by atoms with Gasteiger partial charge in [-0.2, -0.15) is 0 Å². The predicted molar refractivity (Wildman–Crippen MR) is 268 cm³/mol. The Hall–Kier alpha value is -1.27. The van der Waals surface area contributed by atoms with Crippen molar-refractivity contribution in [3.63, 3.8) is 0 Å². The van der Waals surface area contributed by atoms with Gasteiger partial charge in [0.25, 0.3) is 0 Å². The fourth-order valence-electron chi connectivity index (χ4n) is 9.41. The summed E-state index contributed by atoms with van der Waals surface area (Å²) >= 11 is 0. The van der Waals surface area contributed by atoms with E-state index in [4.69, 9.17) is 18.9 Å². The molecule has 402 valence electrons. The van der Waals surface area contributed by atoms with Gasteiger partial charge in [0.1, 0.15) is 48.8 Å². The first-order valence-corrected chi connectivity index (χ1v) is 27.9. The number of unbranched alkanes of at least 4 members (excludes halogenated alkanes) is 31. The number of allylic oxidation sites excluding steroid dienone is 1. The number of carbonyl (C=O) groups excluding carboxylic acids is 1. The van der Waals surface area contributed by atoms with Crippen molar-refractivity contribution in [2.24, 2.45) is 0 Å². The second kappa shape index (κ2) is 41.2. The van der Waals surface area contributed by atoms with Crippen molar-refractivity contribution >= 4 is 5.91 Å². The van der Waals surface area contributed by atoms with Gasteiger partial charge in [0, 0.05) is 6.42 Å². The van der Waals surface area contributed by atoms with Crippen molar-refractivity contribution < 1.29 is 64.6 Å². The zero-order chi connectivity index (χ0) is 49.6. The summed E-state index contributed by atoms with van der Waals surface area (Å²) in [4.78, 5) is 13.2. The van der Waals surface area contributed by atoms with Crippen LogP contribution in [-0.4, -0.2) is 140 Å². The molecule has 0 aromatic heterocycles. The Balaban J connectivity index is 1.77. The Labute approximate surface area is 412 Å². The van der Waals surface area contributed by atoms with Gasteiger partial charge in [-0.05, 0) is 19.3 Å². The Kier molecular flexibility index (Phi) is 38.1. The number of ether oxygens (including phenoxy) is 4. The Morgan fingerprint density at radius 3 is 1.35 bits per heavy atom. The number of hydrogen-bond donors (Lipinski definition) is 9. The number of amides is 1. The SMILES string of the molecule is CCCCCCCCCCCCC/C=C/[C@H](O)[C@@H](CO[C@@H]1O[C@H](CO)[C@@H](O[C@@H]2O[C@H](CO)[C@H](O)[C@H](O)[C@H]2O)[C@H](O)[C@H]1O)NC(=O)CCCCCCCCCCCCCCCCCCCCCCC. The van der Waals surface area contributed by atoms with E-state index in [1.807, 2.05) is 6.08 Å². The quantitative estimate of drug-likeness (QED) is 0.0207. The van der Waals surface area contributed by atoms with Gasteiger partial charge in [0.05, 0.1) is 32.0 Å². The van der Waals surface area contributed by atoms with Crippen molar-refractivity contribution in [3.8, 4) is 0 Å². The zero-order valence-corrected chi connectivity index (χ0v) is 42.9. The van der Waals surface area contributed by atoms with E-state index < -0.39 is 86.8 Å². The first-order valence-electron chi connectivity index (χ1n) is 27.9. The van der Waals surface area contributed by atoms with E-state index in [1.54, 1.807) is 6.08 Å². The zero-order valence-electron chi connectivity index (χ0n) is 42.9. The minimum absolute atomic E-state index is 0.236. The van der Waals surface area contributed by atoms with E-state index >= 15 is 0 Å². The summed E-state index contributed by atoms with van der Waals surface area (Å²) in [5.41, 5.74) is 0. The Bertz CT molecular complexity index is 1200. The van der Waals surface area contributed by atoms with Crippen molar-refractivity contribution in [2.45, 2.75) is 306 Å². The lowest BCUT2D eigenvalue weighted by atomic mass is 9.97. The molecule has 2 aliphatic heterocycles. The van der Waals surface area contributed by atoms with Crippen LogP contribution in [0.5, 0.6) is 0 Å². The van der Waals surface area contributed by atoms with Gasteiger partial charge >= 0.3 is 0 Å². The second-order valence-corrected chi connectivity index (χ2v) is 20.1. The fraction of sp³-hybridized carbons (Fsp3) is 0.944. The van der Waals surface area contributed by atoms with Crippen LogP contribution in [0.3, 0.4) is 0 Å². The van der Waals surface area contributed by atoms with E-state index in [-0.39, 0.29) is 18.9 Å². The van der Waals surface area contributed by atoms with Gasteiger partial charge in [0.15, 0.2) is 12.6 Å². The van der Waals surface area contributed by atoms with Crippen LogP contribution in [0.1, 0.15) is 232 Å². The van der Waals surface area contributed by atoms with Gasteiger partial charge < -0.3 is 65.1 Å². The lowest BCUT2D eigenvalue weighted by molar-refractivity contribution is -0.359. The number of carbonyl (C=O) groups is 1. The lowest BCUT2D eigenvalue weighted by Gasteiger charge is -2.46. The number of aliphatic hydroxyl groups excluding tert-OH is 8. The normalized spacial score (nSPS) is 26.4. The summed E-state index contributed by atoms with van der Waals surface area (Å²) in [6.45, 7) is 2.81. The van der Waals surface area contributed by atoms with Crippen molar-refractivity contribution in [3.05, 3.63) is 12.2 Å². The monoisotopic (exact) mass is 974 g/mol. The topological polar surface area (TPSA) is 228 Å². The third-order valence-electron chi connectivity index (χ3n) is 14.0. The fourth-order valence-corrected chi connectivity index (χ4v) is 9.41. The molecule has 68 heavy (non-hydrogen) atoms. The molecule has 0 radical (unpaired) electrons. The molecule has 0 unspecified atom stereocenters. The van der Waals surface area contributed by atoms with Gasteiger partial charge in [-0.15, -0.1) is 0 Å². The van der Waals surface area contributed by atoms with E-state index in [9.17, 15) is 45.6 Å². The highest BCUT2D eigenvalue weighted by molar-refractivity contribution is 5.76. The molecule has 9 N–H and O–H groups in total. The molecule has 0 aromatic carbocycles. The van der Waals surface area contributed by atoms with Crippen LogP contribution in [0.15, 0.2) is 12.2 Å². The number of nitrogens with one attached hydrogen (secondary N) is 1.